The number of methoxy groups -OCH3 is 2. The number of esters is 1. The van der Waals surface area contributed by atoms with Crippen LogP contribution in [0.15, 0.2) is 0 Å². The van der Waals surface area contributed by atoms with Gasteiger partial charge in [-0.25, -0.2) is 0 Å². The molecule has 0 aromatic heterocycles. The zero-order chi connectivity index (χ0) is 14.3. The molecule has 1 saturated heterocycles. The second-order valence-corrected chi connectivity index (χ2v) is 5.67. The summed E-state index contributed by atoms with van der Waals surface area (Å²) in [5, 5.41) is 0. The average molecular weight is 272 g/mol. The fourth-order valence-corrected chi connectivity index (χ4v) is 2.57. The van der Waals surface area contributed by atoms with E-state index in [1.165, 1.54) is 13.5 Å². The quantitative estimate of drug-likeness (QED) is 0.556. The summed E-state index contributed by atoms with van der Waals surface area (Å²) in [6, 6.07) is 0. The van der Waals surface area contributed by atoms with Crippen molar-refractivity contribution in [3.8, 4) is 0 Å². The zero-order valence-corrected chi connectivity index (χ0v) is 12.5. The Morgan fingerprint density at radius 1 is 1.42 bits per heavy atom. The van der Waals surface area contributed by atoms with Gasteiger partial charge in [0.1, 0.15) is 5.54 Å². The van der Waals surface area contributed by atoms with Crippen LogP contribution in [0.3, 0.4) is 0 Å². The van der Waals surface area contributed by atoms with E-state index in [1.807, 2.05) is 0 Å². The Hall–Kier alpha value is -0.650. The molecule has 5 heteroatoms. The third-order valence-corrected chi connectivity index (χ3v) is 3.87. The Morgan fingerprint density at radius 3 is 2.79 bits per heavy atom. The Balaban J connectivity index is 2.18. The van der Waals surface area contributed by atoms with Crippen molar-refractivity contribution in [3.63, 3.8) is 0 Å². The maximum atomic E-state index is 11.4. The Labute approximate surface area is 116 Å². The van der Waals surface area contributed by atoms with Crippen LogP contribution in [-0.2, 0) is 14.3 Å². The number of rotatable bonds is 7. The molecular weight excluding hydrogens is 244 g/mol. The minimum absolute atomic E-state index is 0.329. The number of nitrogens with zero attached hydrogens (tertiary/aromatic N) is 1. The van der Waals surface area contributed by atoms with Gasteiger partial charge in [-0.3, -0.25) is 4.79 Å². The summed E-state index contributed by atoms with van der Waals surface area (Å²) in [6.45, 7) is 4.96. The number of nitrogens with two attached hydrogens (primary N) is 1. The molecule has 0 bridgehead atoms. The molecule has 0 amide bonds. The molecule has 2 N–H and O–H groups in total. The van der Waals surface area contributed by atoms with Gasteiger partial charge in [-0.2, -0.15) is 0 Å². The maximum Gasteiger partial charge on any atom is 0.325 e. The van der Waals surface area contributed by atoms with Crippen LogP contribution < -0.4 is 5.73 Å². The lowest BCUT2D eigenvalue weighted by molar-refractivity contribution is -0.146. The highest BCUT2D eigenvalue weighted by atomic mass is 16.5. The summed E-state index contributed by atoms with van der Waals surface area (Å²) in [5.74, 6) is -0.329. The van der Waals surface area contributed by atoms with Gasteiger partial charge in [0.05, 0.1) is 13.2 Å². The van der Waals surface area contributed by atoms with Crippen LogP contribution in [0.25, 0.3) is 0 Å². The number of ether oxygens (including phenoxy) is 2. The van der Waals surface area contributed by atoms with E-state index < -0.39 is 5.54 Å². The molecule has 1 rings (SSSR count). The van der Waals surface area contributed by atoms with Crippen LogP contribution in [0, 0.1) is 0 Å². The smallest absolute Gasteiger partial charge is 0.325 e. The summed E-state index contributed by atoms with van der Waals surface area (Å²) in [5.41, 5.74) is 5.07. The maximum absolute atomic E-state index is 11.4. The molecular formula is C14H28N2O3. The van der Waals surface area contributed by atoms with Crippen LogP contribution in [0.1, 0.15) is 39.0 Å². The first-order valence-corrected chi connectivity index (χ1v) is 7.12. The number of carbonyl (C=O) groups excluding carboxylic acids is 1. The van der Waals surface area contributed by atoms with Gasteiger partial charge in [-0.05, 0) is 52.1 Å². The molecule has 2 atom stereocenters. The zero-order valence-electron chi connectivity index (χ0n) is 12.5. The molecule has 0 saturated carbocycles. The standard InChI is InChI=1S/C14H28N2O3/c1-14(15,13(17)19-3)8-4-5-9-16-10-6-7-12(11-16)18-2/h12H,4-11,15H2,1-3H3. The predicted octanol–water partition coefficient (Wildman–Crippen LogP) is 1.16. The third kappa shape index (κ3) is 5.47. The second kappa shape index (κ2) is 7.82. The number of piperidine rings is 1. The lowest BCUT2D eigenvalue weighted by atomic mass is 9.96. The van der Waals surface area contributed by atoms with Crippen molar-refractivity contribution in [2.24, 2.45) is 5.73 Å². The van der Waals surface area contributed by atoms with Crippen molar-refractivity contribution in [3.05, 3.63) is 0 Å². The van der Waals surface area contributed by atoms with Gasteiger partial charge in [0, 0.05) is 13.7 Å². The first kappa shape index (κ1) is 16.4. The normalized spacial score (nSPS) is 23.9. The van der Waals surface area contributed by atoms with Crippen molar-refractivity contribution < 1.29 is 14.3 Å². The monoisotopic (exact) mass is 272 g/mol. The highest BCUT2D eigenvalue weighted by Crippen LogP contribution is 2.16. The molecule has 1 aliphatic rings. The molecule has 1 fully saturated rings. The molecule has 0 aliphatic carbocycles. The summed E-state index contributed by atoms with van der Waals surface area (Å²) in [7, 11) is 3.16. The van der Waals surface area contributed by atoms with Gasteiger partial charge >= 0.3 is 5.97 Å². The van der Waals surface area contributed by atoms with E-state index in [9.17, 15) is 4.79 Å². The minimum atomic E-state index is -0.855. The molecule has 19 heavy (non-hydrogen) atoms. The summed E-state index contributed by atoms with van der Waals surface area (Å²) < 4.78 is 10.1. The lowest BCUT2D eigenvalue weighted by Crippen LogP contribution is -2.45. The van der Waals surface area contributed by atoms with Gasteiger partial charge in [0.25, 0.3) is 0 Å². The van der Waals surface area contributed by atoms with Gasteiger partial charge in [0.15, 0.2) is 0 Å². The van der Waals surface area contributed by atoms with E-state index in [1.54, 1.807) is 14.0 Å². The first-order valence-electron chi connectivity index (χ1n) is 7.12. The van der Waals surface area contributed by atoms with Crippen molar-refractivity contribution >= 4 is 5.97 Å². The predicted molar refractivity (Wildman–Crippen MR) is 74.9 cm³/mol. The minimum Gasteiger partial charge on any atom is -0.468 e. The fraction of sp³-hybridized carbons (Fsp3) is 0.929. The van der Waals surface area contributed by atoms with Gasteiger partial charge in [0.2, 0.25) is 0 Å². The molecule has 1 aliphatic heterocycles. The fourth-order valence-electron chi connectivity index (χ4n) is 2.57. The first-order chi connectivity index (χ1) is 8.99. The summed E-state index contributed by atoms with van der Waals surface area (Å²) >= 11 is 0. The van der Waals surface area contributed by atoms with Crippen molar-refractivity contribution in [2.45, 2.75) is 50.7 Å². The van der Waals surface area contributed by atoms with E-state index in [2.05, 4.69) is 4.90 Å². The van der Waals surface area contributed by atoms with Crippen LogP contribution in [0.5, 0.6) is 0 Å². The molecule has 112 valence electrons. The highest BCUT2D eigenvalue weighted by Gasteiger charge is 2.28. The highest BCUT2D eigenvalue weighted by molar-refractivity contribution is 5.79. The third-order valence-electron chi connectivity index (χ3n) is 3.87. The number of carbonyl (C=O) groups is 1. The van der Waals surface area contributed by atoms with Crippen LogP contribution in [0.2, 0.25) is 0 Å². The van der Waals surface area contributed by atoms with Crippen LogP contribution in [0.4, 0.5) is 0 Å². The Morgan fingerprint density at radius 2 is 2.16 bits per heavy atom. The van der Waals surface area contributed by atoms with E-state index in [0.29, 0.717) is 12.5 Å². The molecule has 0 radical (unpaired) electrons. The Bertz CT molecular complexity index is 282. The largest absolute Gasteiger partial charge is 0.468 e. The molecule has 1 heterocycles. The molecule has 0 spiro atoms. The summed E-state index contributed by atoms with van der Waals surface area (Å²) in [6.07, 6.45) is 5.41. The number of unbranched alkanes of at least 4 members (excludes halogenated alkanes) is 1. The SMILES string of the molecule is COC(=O)C(C)(N)CCCCN1CCCC(OC)C1. The topological polar surface area (TPSA) is 64.8 Å². The van der Waals surface area contributed by atoms with E-state index in [-0.39, 0.29) is 5.97 Å². The van der Waals surface area contributed by atoms with Gasteiger partial charge < -0.3 is 20.1 Å². The van der Waals surface area contributed by atoms with Gasteiger partial charge in [-0.15, -0.1) is 0 Å². The molecule has 0 aromatic carbocycles. The van der Waals surface area contributed by atoms with E-state index in [4.69, 9.17) is 15.2 Å². The van der Waals surface area contributed by atoms with Gasteiger partial charge in [-0.1, -0.05) is 0 Å². The van der Waals surface area contributed by atoms with Crippen LogP contribution >= 0.6 is 0 Å². The lowest BCUT2D eigenvalue weighted by Gasteiger charge is -2.32. The van der Waals surface area contributed by atoms with Crippen molar-refractivity contribution in [1.82, 2.24) is 4.90 Å². The summed E-state index contributed by atoms with van der Waals surface area (Å²) in [4.78, 5) is 13.9. The molecule has 2 unspecified atom stereocenters. The number of hydrogen-bond donors (Lipinski definition) is 1. The van der Waals surface area contributed by atoms with E-state index in [0.717, 1.165) is 38.9 Å². The number of likely N-dealkylation sites (tertiary alicyclic amines) is 1. The Kier molecular flexibility index (Phi) is 6.75. The second-order valence-electron chi connectivity index (χ2n) is 5.67. The molecule has 5 nitrogen and oxygen atoms in total. The number of hydrogen-bond acceptors (Lipinski definition) is 5. The van der Waals surface area contributed by atoms with Crippen molar-refractivity contribution in [2.75, 3.05) is 33.9 Å². The average Bonchev–Trinajstić information content (AvgIpc) is 2.43. The molecule has 0 aromatic rings. The van der Waals surface area contributed by atoms with E-state index >= 15 is 0 Å². The van der Waals surface area contributed by atoms with Crippen molar-refractivity contribution in [1.29, 1.82) is 0 Å². The van der Waals surface area contributed by atoms with Crippen LogP contribution in [-0.4, -0.2) is 56.4 Å².